The molecule has 3 rings (SSSR count). The molecule has 0 unspecified atom stereocenters. The van der Waals surface area contributed by atoms with Gasteiger partial charge in [-0.1, -0.05) is 55.1 Å². The van der Waals surface area contributed by atoms with E-state index in [0.717, 1.165) is 0 Å². The van der Waals surface area contributed by atoms with Crippen molar-refractivity contribution in [2.75, 3.05) is 19.7 Å². The second kappa shape index (κ2) is 8.34. The predicted octanol–water partition coefficient (Wildman–Crippen LogP) is 3.22. The lowest BCUT2D eigenvalue weighted by molar-refractivity contribution is -0.116. The molecule has 134 valence electrons. The lowest BCUT2D eigenvalue weighted by atomic mass is 9.98. The van der Waals surface area contributed by atoms with E-state index in [4.69, 9.17) is 4.74 Å². The number of carbonyl (C=O) groups is 2. The monoisotopic (exact) mass is 350 g/mol. The molecule has 0 radical (unpaired) electrons. The molecule has 5 heteroatoms. The number of fused-ring (bicyclic) bond motifs is 3. The van der Waals surface area contributed by atoms with Crippen LogP contribution in [-0.2, 0) is 9.53 Å². The second-order valence-corrected chi connectivity index (χ2v) is 6.10. The fourth-order valence-corrected chi connectivity index (χ4v) is 3.21. The highest BCUT2D eigenvalue weighted by Gasteiger charge is 2.28. The number of alkyl carbamates (subject to hydrolysis) is 1. The Bertz CT molecular complexity index is 771. The number of rotatable bonds is 7. The molecule has 2 aromatic carbocycles. The zero-order chi connectivity index (χ0) is 18.4. The van der Waals surface area contributed by atoms with Gasteiger partial charge in [0.05, 0.1) is 0 Å². The Morgan fingerprint density at radius 3 is 2.15 bits per heavy atom. The van der Waals surface area contributed by atoms with Gasteiger partial charge in [-0.2, -0.15) is 0 Å². The summed E-state index contributed by atoms with van der Waals surface area (Å²) in [7, 11) is 0. The van der Waals surface area contributed by atoms with E-state index in [1.165, 1.54) is 28.3 Å². The molecule has 2 amide bonds. The normalized spacial score (nSPS) is 12.0. The molecule has 1 aliphatic carbocycles. The highest BCUT2D eigenvalue weighted by molar-refractivity contribution is 5.86. The average molecular weight is 350 g/mol. The molecule has 0 aromatic heterocycles. The van der Waals surface area contributed by atoms with Gasteiger partial charge in [0.1, 0.15) is 6.61 Å². The lowest BCUT2D eigenvalue weighted by Gasteiger charge is -2.14. The fourth-order valence-electron chi connectivity index (χ4n) is 3.21. The van der Waals surface area contributed by atoms with E-state index < -0.39 is 6.09 Å². The van der Waals surface area contributed by atoms with Crippen LogP contribution >= 0.6 is 0 Å². The smallest absolute Gasteiger partial charge is 0.407 e. The Hall–Kier alpha value is -3.08. The zero-order valence-electron chi connectivity index (χ0n) is 14.5. The van der Waals surface area contributed by atoms with Gasteiger partial charge >= 0.3 is 6.09 Å². The summed E-state index contributed by atoms with van der Waals surface area (Å²) in [5.74, 6) is -0.161. The van der Waals surface area contributed by atoms with Crippen LogP contribution in [-0.4, -0.2) is 31.7 Å². The highest BCUT2D eigenvalue weighted by Crippen LogP contribution is 2.44. The molecule has 0 atom stereocenters. The molecule has 1 aliphatic rings. The standard InChI is InChI=1S/C21H22N2O3/c1-2-20(24)22-12-7-13-23-21(25)26-14-19-17-10-5-3-8-15(17)16-9-4-6-11-18(16)19/h2-6,8-11,19H,1,7,12-14H2,(H,22,24)(H,23,25). The number of carbonyl (C=O) groups excluding carboxylic acids is 2. The summed E-state index contributed by atoms with van der Waals surface area (Å²) in [5.41, 5.74) is 4.78. The minimum Gasteiger partial charge on any atom is -0.449 e. The summed E-state index contributed by atoms with van der Waals surface area (Å²) < 4.78 is 5.43. The van der Waals surface area contributed by atoms with Gasteiger partial charge in [0, 0.05) is 19.0 Å². The Morgan fingerprint density at radius 2 is 1.54 bits per heavy atom. The van der Waals surface area contributed by atoms with E-state index in [1.54, 1.807) is 0 Å². The van der Waals surface area contributed by atoms with E-state index in [1.807, 2.05) is 24.3 Å². The van der Waals surface area contributed by atoms with Crippen LogP contribution in [0.5, 0.6) is 0 Å². The number of amides is 2. The first-order valence-electron chi connectivity index (χ1n) is 8.70. The quantitative estimate of drug-likeness (QED) is 0.595. The number of hydrogen-bond donors (Lipinski definition) is 2. The molecule has 0 bridgehead atoms. The molecular weight excluding hydrogens is 328 g/mol. The van der Waals surface area contributed by atoms with E-state index in [2.05, 4.69) is 41.5 Å². The Morgan fingerprint density at radius 1 is 0.962 bits per heavy atom. The average Bonchev–Trinajstić information content (AvgIpc) is 3.00. The molecule has 5 nitrogen and oxygen atoms in total. The summed E-state index contributed by atoms with van der Waals surface area (Å²) in [5, 5.41) is 5.36. The first-order chi connectivity index (χ1) is 12.7. The number of benzene rings is 2. The molecule has 0 heterocycles. The van der Waals surface area contributed by atoms with Gasteiger partial charge in [0.25, 0.3) is 0 Å². The van der Waals surface area contributed by atoms with Crippen molar-refractivity contribution < 1.29 is 14.3 Å². The van der Waals surface area contributed by atoms with E-state index in [-0.39, 0.29) is 11.8 Å². The Balaban J connectivity index is 1.51. The van der Waals surface area contributed by atoms with Crippen molar-refractivity contribution in [3.63, 3.8) is 0 Å². The van der Waals surface area contributed by atoms with E-state index in [0.29, 0.717) is 26.1 Å². The second-order valence-electron chi connectivity index (χ2n) is 6.10. The van der Waals surface area contributed by atoms with E-state index in [9.17, 15) is 9.59 Å². The summed E-state index contributed by atoms with van der Waals surface area (Å²) >= 11 is 0. The van der Waals surface area contributed by atoms with Crippen LogP contribution in [0.1, 0.15) is 23.5 Å². The van der Waals surface area contributed by atoms with Crippen molar-refractivity contribution in [3.8, 4) is 11.1 Å². The maximum Gasteiger partial charge on any atom is 0.407 e. The first kappa shape index (κ1) is 17.7. The van der Waals surface area contributed by atoms with Crippen LogP contribution < -0.4 is 10.6 Å². The topological polar surface area (TPSA) is 67.4 Å². The number of hydrogen-bond acceptors (Lipinski definition) is 3. The number of ether oxygens (including phenoxy) is 1. The maximum absolute atomic E-state index is 11.9. The van der Waals surface area contributed by atoms with Crippen molar-refractivity contribution in [1.29, 1.82) is 0 Å². The molecule has 0 fully saturated rings. The van der Waals surface area contributed by atoms with E-state index >= 15 is 0 Å². The summed E-state index contributed by atoms with van der Waals surface area (Å²) in [6.07, 6.45) is 1.41. The van der Waals surface area contributed by atoms with Crippen molar-refractivity contribution in [2.24, 2.45) is 0 Å². The lowest BCUT2D eigenvalue weighted by Crippen LogP contribution is -2.30. The van der Waals surface area contributed by atoms with Gasteiger partial charge in [0.15, 0.2) is 0 Å². The van der Waals surface area contributed by atoms with Gasteiger partial charge in [-0.15, -0.1) is 0 Å². The minimum absolute atomic E-state index is 0.0556. The van der Waals surface area contributed by atoms with Crippen LogP contribution in [0.2, 0.25) is 0 Å². The number of nitrogens with one attached hydrogen (secondary N) is 2. The van der Waals surface area contributed by atoms with Crippen LogP contribution in [0.3, 0.4) is 0 Å². The third kappa shape index (κ3) is 3.94. The fraction of sp³-hybridized carbons (Fsp3) is 0.238. The molecule has 2 aromatic rings. The molecule has 0 spiro atoms. The highest BCUT2D eigenvalue weighted by atomic mass is 16.5. The summed E-state index contributed by atoms with van der Waals surface area (Å²) in [4.78, 5) is 23.0. The molecular formula is C21H22N2O3. The first-order valence-corrected chi connectivity index (χ1v) is 8.70. The van der Waals surface area contributed by atoms with Gasteiger partial charge in [-0.25, -0.2) is 4.79 Å². The molecule has 0 saturated carbocycles. The molecule has 0 saturated heterocycles. The zero-order valence-corrected chi connectivity index (χ0v) is 14.5. The van der Waals surface area contributed by atoms with Crippen LogP contribution in [0.25, 0.3) is 11.1 Å². The molecule has 0 aliphatic heterocycles. The van der Waals surface area contributed by atoms with Crippen LogP contribution in [0, 0.1) is 0 Å². The van der Waals surface area contributed by atoms with Gasteiger partial charge in [-0.3, -0.25) is 4.79 Å². The predicted molar refractivity (Wildman–Crippen MR) is 101 cm³/mol. The Kier molecular flexibility index (Phi) is 5.69. The summed E-state index contributed by atoms with van der Waals surface area (Å²) in [6.45, 7) is 4.60. The summed E-state index contributed by atoms with van der Waals surface area (Å²) in [6, 6.07) is 16.4. The SMILES string of the molecule is C=CC(=O)NCCCNC(=O)OCC1c2ccccc2-c2ccccc21. The maximum atomic E-state index is 11.9. The minimum atomic E-state index is -0.443. The van der Waals surface area contributed by atoms with Gasteiger partial charge in [-0.05, 0) is 34.8 Å². The van der Waals surface area contributed by atoms with Crippen molar-refractivity contribution >= 4 is 12.0 Å². The van der Waals surface area contributed by atoms with Gasteiger partial charge < -0.3 is 15.4 Å². The third-order valence-electron chi connectivity index (χ3n) is 4.45. The molecule has 2 N–H and O–H groups in total. The van der Waals surface area contributed by atoms with Crippen molar-refractivity contribution in [3.05, 3.63) is 72.3 Å². The Labute approximate surface area is 153 Å². The van der Waals surface area contributed by atoms with Crippen molar-refractivity contribution in [2.45, 2.75) is 12.3 Å². The molecule has 26 heavy (non-hydrogen) atoms. The third-order valence-corrected chi connectivity index (χ3v) is 4.45. The van der Waals surface area contributed by atoms with Crippen LogP contribution in [0.4, 0.5) is 4.79 Å². The van der Waals surface area contributed by atoms with Crippen LogP contribution in [0.15, 0.2) is 61.2 Å². The van der Waals surface area contributed by atoms with Gasteiger partial charge in [0.2, 0.25) is 5.91 Å². The largest absolute Gasteiger partial charge is 0.449 e. The van der Waals surface area contributed by atoms with Crippen molar-refractivity contribution in [1.82, 2.24) is 10.6 Å².